The SMILES string of the molecule is CCc1nsc(N2CCCN(C(=O)c3ccccc3)CC2)n1. The van der Waals surface area contributed by atoms with Crippen molar-refractivity contribution in [2.45, 2.75) is 19.8 Å². The molecule has 1 aliphatic rings. The second-order valence-corrected chi connectivity index (χ2v) is 6.08. The zero-order valence-electron chi connectivity index (χ0n) is 12.7. The van der Waals surface area contributed by atoms with Gasteiger partial charge < -0.3 is 9.80 Å². The van der Waals surface area contributed by atoms with Crippen LogP contribution in [0.5, 0.6) is 0 Å². The van der Waals surface area contributed by atoms with E-state index in [4.69, 9.17) is 0 Å². The summed E-state index contributed by atoms with van der Waals surface area (Å²) in [6.45, 7) is 5.33. The van der Waals surface area contributed by atoms with E-state index in [1.54, 1.807) is 0 Å². The molecule has 116 valence electrons. The zero-order valence-corrected chi connectivity index (χ0v) is 13.6. The molecule has 1 aromatic heterocycles. The molecule has 1 aromatic carbocycles. The molecule has 0 aliphatic carbocycles. The van der Waals surface area contributed by atoms with Crippen molar-refractivity contribution in [3.05, 3.63) is 41.7 Å². The Kier molecular flexibility index (Phi) is 4.68. The summed E-state index contributed by atoms with van der Waals surface area (Å²) in [4.78, 5) is 21.3. The molecule has 1 saturated heterocycles. The van der Waals surface area contributed by atoms with Gasteiger partial charge in [0, 0.05) is 49.7 Å². The maximum Gasteiger partial charge on any atom is 0.253 e. The maximum atomic E-state index is 12.5. The van der Waals surface area contributed by atoms with Crippen LogP contribution < -0.4 is 4.90 Å². The van der Waals surface area contributed by atoms with Gasteiger partial charge in [-0.2, -0.15) is 4.37 Å². The summed E-state index contributed by atoms with van der Waals surface area (Å²) >= 11 is 1.46. The lowest BCUT2D eigenvalue weighted by Crippen LogP contribution is -2.35. The molecule has 1 fully saturated rings. The summed E-state index contributed by atoms with van der Waals surface area (Å²) in [5.41, 5.74) is 0.764. The standard InChI is InChI=1S/C16H20N4OS/c1-2-14-17-16(22-18-14)20-10-6-9-19(11-12-20)15(21)13-7-4-3-5-8-13/h3-5,7-8H,2,6,9-12H2,1H3. The number of hydrogen-bond acceptors (Lipinski definition) is 5. The molecule has 2 heterocycles. The maximum absolute atomic E-state index is 12.5. The van der Waals surface area contributed by atoms with Gasteiger partial charge in [-0.3, -0.25) is 4.79 Å². The smallest absolute Gasteiger partial charge is 0.253 e. The minimum Gasteiger partial charge on any atom is -0.345 e. The van der Waals surface area contributed by atoms with Crippen molar-refractivity contribution in [1.29, 1.82) is 0 Å². The summed E-state index contributed by atoms with van der Waals surface area (Å²) in [5.74, 6) is 1.02. The Balaban J connectivity index is 1.66. The van der Waals surface area contributed by atoms with Crippen LogP contribution in [-0.2, 0) is 6.42 Å². The Morgan fingerprint density at radius 2 is 2.00 bits per heavy atom. The van der Waals surface area contributed by atoms with Crippen LogP contribution in [0, 0.1) is 0 Å². The fraction of sp³-hybridized carbons (Fsp3) is 0.438. The largest absolute Gasteiger partial charge is 0.345 e. The lowest BCUT2D eigenvalue weighted by molar-refractivity contribution is 0.0767. The molecule has 22 heavy (non-hydrogen) atoms. The van der Waals surface area contributed by atoms with Crippen molar-refractivity contribution < 1.29 is 4.79 Å². The van der Waals surface area contributed by atoms with E-state index in [0.29, 0.717) is 0 Å². The van der Waals surface area contributed by atoms with E-state index in [1.165, 1.54) is 11.5 Å². The van der Waals surface area contributed by atoms with E-state index in [9.17, 15) is 4.79 Å². The lowest BCUT2D eigenvalue weighted by Gasteiger charge is -2.21. The van der Waals surface area contributed by atoms with E-state index in [2.05, 4.69) is 21.2 Å². The van der Waals surface area contributed by atoms with Gasteiger partial charge in [0.15, 0.2) is 0 Å². The molecule has 5 nitrogen and oxygen atoms in total. The minimum absolute atomic E-state index is 0.119. The van der Waals surface area contributed by atoms with E-state index in [1.807, 2.05) is 35.2 Å². The zero-order chi connectivity index (χ0) is 15.4. The highest BCUT2D eigenvalue weighted by atomic mass is 32.1. The number of anilines is 1. The number of hydrogen-bond donors (Lipinski definition) is 0. The number of nitrogens with zero attached hydrogens (tertiary/aromatic N) is 4. The van der Waals surface area contributed by atoms with Gasteiger partial charge in [0.1, 0.15) is 5.82 Å². The Bertz CT molecular complexity index is 628. The number of carbonyl (C=O) groups is 1. The van der Waals surface area contributed by atoms with Gasteiger partial charge in [0.2, 0.25) is 5.13 Å². The van der Waals surface area contributed by atoms with Gasteiger partial charge in [0.25, 0.3) is 5.91 Å². The minimum atomic E-state index is 0.119. The monoisotopic (exact) mass is 316 g/mol. The molecule has 3 rings (SSSR count). The Morgan fingerprint density at radius 3 is 2.73 bits per heavy atom. The third-order valence-corrected chi connectivity index (χ3v) is 4.66. The number of carbonyl (C=O) groups excluding carboxylic acids is 1. The van der Waals surface area contributed by atoms with Crippen molar-refractivity contribution in [3.63, 3.8) is 0 Å². The molecule has 0 atom stereocenters. The first-order valence-corrected chi connectivity index (χ1v) is 8.47. The predicted octanol–water partition coefficient (Wildman–Crippen LogP) is 2.45. The van der Waals surface area contributed by atoms with Gasteiger partial charge in [-0.15, -0.1) is 0 Å². The van der Waals surface area contributed by atoms with Crippen molar-refractivity contribution in [3.8, 4) is 0 Å². The first-order valence-electron chi connectivity index (χ1n) is 7.70. The molecule has 0 unspecified atom stereocenters. The highest BCUT2D eigenvalue weighted by molar-refractivity contribution is 7.09. The number of benzene rings is 1. The number of aryl methyl sites for hydroxylation is 1. The molecule has 0 saturated carbocycles. The van der Waals surface area contributed by atoms with Crippen molar-refractivity contribution in [1.82, 2.24) is 14.3 Å². The summed E-state index contributed by atoms with van der Waals surface area (Å²) in [5, 5.41) is 0.978. The average molecular weight is 316 g/mol. The molecule has 2 aromatic rings. The lowest BCUT2D eigenvalue weighted by atomic mass is 10.2. The summed E-state index contributed by atoms with van der Waals surface area (Å²) < 4.78 is 4.35. The van der Waals surface area contributed by atoms with Crippen molar-refractivity contribution >= 4 is 22.6 Å². The first-order chi connectivity index (χ1) is 10.8. The van der Waals surface area contributed by atoms with E-state index in [-0.39, 0.29) is 5.91 Å². The predicted molar refractivity (Wildman–Crippen MR) is 88.5 cm³/mol. The van der Waals surface area contributed by atoms with Gasteiger partial charge >= 0.3 is 0 Å². The molecule has 0 bridgehead atoms. The van der Waals surface area contributed by atoms with Crippen LogP contribution in [0.2, 0.25) is 0 Å². The molecule has 0 spiro atoms. The Morgan fingerprint density at radius 1 is 1.18 bits per heavy atom. The first kappa shape index (κ1) is 15.0. The van der Waals surface area contributed by atoms with Crippen LogP contribution in [0.4, 0.5) is 5.13 Å². The van der Waals surface area contributed by atoms with Gasteiger partial charge in [0.05, 0.1) is 0 Å². The van der Waals surface area contributed by atoms with Crippen LogP contribution in [-0.4, -0.2) is 46.3 Å². The van der Waals surface area contributed by atoms with Gasteiger partial charge in [-0.25, -0.2) is 4.98 Å². The van der Waals surface area contributed by atoms with E-state index in [0.717, 1.165) is 55.5 Å². The summed E-state index contributed by atoms with van der Waals surface area (Å²) in [6, 6.07) is 9.50. The van der Waals surface area contributed by atoms with E-state index >= 15 is 0 Å². The van der Waals surface area contributed by atoms with Crippen LogP contribution in [0.1, 0.15) is 29.5 Å². The normalized spacial score (nSPS) is 15.7. The van der Waals surface area contributed by atoms with Crippen LogP contribution in [0.15, 0.2) is 30.3 Å². The van der Waals surface area contributed by atoms with Gasteiger partial charge in [-0.05, 0) is 18.6 Å². The highest BCUT2D eigenvalue weighted by Gasteiger charge is 2.21. The highest BCUT2D eigenvalue weighted by Crippen LogP contribution is 2.20. The number of aromatic nitrogens is 2. The topological polar surface area (TPSA) is 49.3 Å². The quantitative estimate of drug-likeness (QED) is 0.873. The van der Waals surface area contributed by atoms with Crippen LogP contribution in [0.25, 0.3) is 0 Å². The van der Waals surface area contributed by atoms with Gasteiger partial charge in [-0.1, -0.05) is 25.1 Å². The Hall–Kier alpha value is -1.95. The molecule has 1 amide bonds. The third kappa shape index (κ3) is 3.27. The second-order valence-electron chi connectivity index (χ2n) is 5.35. The Labute approximate surface area is 134 Å². The fourth-order valence-corrected chi connectivity index (χ4v) is 3.39. The average Bonchev–Trinajstić information content (AvgIpc) is 2.92. The molecule has 0 N–H and O–H groups in total. The van der Waals surface area contributed by atoms with E-state index < -0.39 is 0 Å². The molecule has 1 aliphatic heterocycles. The van der Waals surface area contributed by atoms with Crippen molar-refractivity contribution in [2.24, 2.45) is 0 Å². The second kappa shape index (κ2) is 6.87. The van der Waals surface area contributed by atoms with Crippen molar-refractivity contribution in [2.75, 3.05) is 31.1 Å². The van der Waals surface area contributed by atoms with Crippen LogP contribution >= 0.6 is 11.5 Å². The number of amides is 1. The van der Waals surface area contributed by atoms with Crippen LogP contribution in [0.3, 0.4) is 0 Å². The number of rotatable bonds is 3. The molecular weight excluding hydrogens is 296 g/mol. The molecular formula is C16H20N4OS. The molecule has 0 radical (unpaired) electrons. The summed E-state index contributed by atoms with van der Waals surface area (Å²) in [6.07, 6.45) is 1.82. The summed E-state index contributed by atoms with van der Waals surface area (Å²) in [7, 11) is 0. The molecule has 6 heteroatoms. The fourth-order valence-electron chi connectivity index (χ4n) is 2.59. The third-order valence-electron chi connectivity index (χ3n) is 3.85.